The third-order valence-corrected chi connectivity index (χ3v) is 6.39. The van der Waals surface area contributed by atoms with E-state index in [9.17, 15) is 9.18 Å². The summed E-state index contributed by atoms with van der Waals surface area (Å²) in [6.45, 7) is 7.03. The Bertz CT molecular complexity index is 951. The number of halogens is 2. The topological polar surface area (TPSA) is 68.6 Å². The van der Waals surface area contributed by atoms with Crippen molar-refractivity contribution >= 4 is 23.6 Å². The molecule has 4 rings (SSSR count). The molecule has 1 aromatic carbocycles. The van der Waals surface area contributed by atoms with Gasteiger partial charge in [0.25, 0.3) is 0 Å². The predicted octanol–water partition coefficient (Wildman–Crippen LogP) is 2.84. The molecule has 3 heterocycles. The van der Waals surface area contributed by atoms with Crippen molar-refractivity contribution in [3.8, 4) is 5.69 Å². The highest BCUT2D eigenvalue weighted by atomic mass is 35.5. The highest BCUT2D eigenvalue weighted by Gasteiger charge is 2.31. The van der Waals surface area contributed by atoms with Crippen LogP contribution >= 0.6 is 11.6 Å². The second-order valence-electron chi connectivity index (χ2n) is 8.10. The second kappa shape index (κ2) is 10.6. The summed E-state index contributed by atoms with van der Waals surface area (Å²) in [6, 6.07) is 6.14. The lowest BCUT2D eigenvalue weighted by Crippen LogP contribution is -2.52. The van der Waals surface area contributed by atoms with Gasteiger partial charge in [0.05, 0.1) is 31.2 Å². The minimum absolute atomic E-state index is 0.188. The van der Waals surface area contributed by atoms with E-state index >= 15 is 0 Å². The molecule has 2 aliphatic rings. The fourth-order valence-corrected chi connectivity index (χ4v) is 4.57. The number of amides is 1. The van der Waals surface area contributed by atoms with E-state index in [4.69, 9.17) is 21.1 Å². The number of rotatable bonds is 7. The standard InChI is InChI=1S/C23H28ClFN4O3/c1-16-20(23(24)29(27-16)19-4-2-18(25)3-5-19)6-7-22(30)26-14-21(17-8-11-32-15-17)28-9-12-31-13-10-28/h2-7,17,21H,8-15H2,1H3,(H,26,30)/b7-6+. The lowest BCUT2D eigenvalue weighted by atomic mass is 9.97. The van der Waals surface area contributed by atoms with Crippen LogP contribution in [0.25, 0.3) is 11.8 Å². The van der Waals surface area contributed by atoms with Crippen molar-refractivity contribution in [2.75, 3.05) is 46.1 Å². The third kappa shape index (κ3) is 5.38. The quantitative estimate of drug-likeness (QED) is 0.641. The molecule has 0 bridgehead atoms. The van der Waals surface area contributed by atoms with Crippen molar-refractivity contribution in [1.29, 1.82) is 0 Å². The first kappa shape index (κ1) is 22.9. The van der Waals surface area contributed by atoms with Gasteiger partial charge in [-0.2, -0.15) is 5.10 Å². The molecule has 2 unspecified atom stereocenters. The van der Waals surface area contributed by atoms with Crippen molar-refractivity contribution in [2.45, 2.75) is 19.4 Å². The van der Waals surface area contributed by atoms with Crippen molar-refractivity contribution in [3.63, 3.8) is 0 Å². The molecule has 9 heteroatoms. The maximum Gasteiger partial charge on any atom is 0.244 e. The lowest BCUT2D eigenvalue weighted by Gasteiger charge is -2.37. The van der Waals surface area contributed by atoms with Crippen molar-refractivity contribution < 1.29 is 18.7 Å². The van der Waals surface area contributed by atoms with Gasteiger partial charge in [-0.05, 0) is 43.7 Å². The molecule has 0 aliphatic carbocycles. The number of ether oxygens (including phenoxy) is 2. The zero-order valence-corrected chi connectivity index (χ0v) is 18.9. The minimum atomic E-state index is -0.329. The van der Waals surface area contributed by atoms with Gasteiger partial charge in [0.2, 0.25) is 5.91 Å². The van der Waals surface area contributed by atoms with Crippen LogP contribution in [0.4, 0.5) is 4.39 Å². The monoisotopic (exact) mass is 462 g/mol. The molecule has 1 aromatic heterocycles. The molecule has 1 amide bonds. The van der Waals surface area contributed by atoms with Crippen molar-refractivity contribution in [3.05, 3.63) is 52.6 Å². The molecule has 2 aromatic rings. The SMILES string of the molecule is Cc1nn(-c2ccc(F)cc2)c(Cl)c1/C=C/C(=O)NCC(C1CCOC1)N1CCOCC1. The Morgan fingerprint density at radius 1 is 1.28 bits per heavy atom. The van der Waals surface area contributed by atoms with E-state index in [-0.39, 0.29) is 17.8 Å². The second-order valence-corrected chi connectivity index (χ2v) is 8.45. The predicted molar refractivity (Wildman–Crippen MR) is 120 cm³/mol. The summed E-state index contributed by atoms with van der Waals surface area (Å²) in [5.41, 5.74) is 1.98. The number of benzene rings is 1. The Kier molecular flexibility index (Phi) is 7.57. The van der Waals surface area contributed by atoms with E-state index in [2.05, 4.69) is 15.3 Å². The average Bonchev–Trinajstić information content (AvgIpc) is 3.42. The molecular formula is C23H28ClFN4O3. The first-order valence-electron chi connectivity index (χ1n) is 10.9. The van der Waals surface area contributed by atoms with Crippen LogP contribution in [0.3, 0.4) is 0 Å². The number of hydrogen-bond donors (Lipinski definition) is 1. The minimum Gasteiger partial charge on any atom is -0.381 e. The van der Waals surface area contributed by atoms with Crippen LogP contribution in [0.2, 0.25) is 5.15 Å². The smallest absolute Gasteiger partial charge is 0.244 e. The number of carbonyl (C=O) groups excluding carboxylic acids is 1. The van der Waals surface area contributed by atoms with Gasteiger partial charge in [0.15, 0.2) is 0 Å². The van der Waals surface area contributed by atoms with E-state index in [0.717, 1.165) is 32.7 Å². The Morgan fingerprint density at radius 3 is 2.72 bits per heavy atom. The molecule has 172 valence electrons. The summed E-state index contributed by atoms with van der Waals surface area (Å²) in [4.78, 5) is 15.0. The third-order valence-electron chi connectivity index (χ3n) is 6.03. The van der Waals surface area contributed by atoms with E-state index in [1.807, 2.05) is 6.92 Å². The van der Waals surface area contributed by atoms with Gasteiger partial charge in [-0.25, -0.2) is 9.07 Å². The van der Waals surface area contributed by atoms with Crippen LogP contribution in [0, 0.1) is 18.7 Å². The Morgan fingerprint density at radius 2 is 2.03 bits per heavy atom. The summed E-state index contributed by atoms with van der Waals surface area (Å²) in [7, 11) is 0. The first-order chi connectivity index (χ1) is 15.5. The van der Waals surface area contributed by atoms with Crippen LogP contribution in [-0.2, 0) is 14.3 Å². The number of aromatic nitrogens is 2. The van der Waals surface area contributed by atoms with Crippen LogP contribution < -0.4 is 5.32 Å². The van der Waals surface area contributed by atoms with E-state index in [1.165, 1.54) is 22.9 Å². The average molecular weight is 463 g/mol. The molecule has 1 N–H and O–H groups in total. The van der Waals surface area contributed by atoms with Crippen molar-refractivity contribution in [2.24, 2.45) is 5.92 Å². The summed E-state index contributed by atoms with van der Waals surface area (Å²) >= 11 is 6.49. The highest BCUT2D eigenvalue weighted by Crippen LogP contribution is 2.25. The summed E-state index contributed by atoms with van der Waals surface area (Å²) in [5.74, 6) is -0.111. The molecule has 0 saturated carbocycles. The van der Waals surface area contributed by atoms with Gasteiger partial charge < -0.3 is 14.8 Å². The first-order valence-corrected chi connectivity index (χ1v) is 11.3. The number of carbonyl (C=O) groups is 1. The fourth-order valence-electron chi connectivity index (χ4n) is 4.24. The number of morpholine rings is 1. The van der Waals surface area contributed by atoms with E-state index in [0.29, 0.717) is 47.8 Å². The maximum absolute atomic E-state index is 13.2. The largest absolute Gasteiger partial charge is 0.381 e. The van der Waals surface area contributed by atoms with Crippen molar-refractivity contribution in [1.82, 2.24) is 20.0 Å². The fraction of sp³-hybridized carbons (Fsp3) is 0.478. The van der Waals surface area contributed by atoms with Gasteiger partial charge in [-0.15, -0.1) is 0 Å². The summed E-state index contributed by atoms with van der Waals surface area (Å²) < 4.78 is 25.8. The summed E-state index contributed by atoms with van der Waals surface area (Å²) in [5, 5.41) is 7.83. The normalized spacial score (nSPS) is 20.7. The van der Waals surface area contributed by atoms with Gasteiger partial charge in [0, 0.05) is 49.8 Å². The van der Waals surface area contributed by atoms with Crippen LogP contribution in [0.5, 0.6) is 0 Å². The Balaban J connectivity index is 1.41. The molecular weight excluding hydrogens is 435 g/mol. The molecule has 0 radical (unpaired) electrons. The highest BCUT2D eigenvalue weighted by molar-refractivity contribution is 6.31. The Hall–Kier alpha value is -2.26. The molecule has 0 spiro atoms. The van der Waals surface area contributed by atoms with Gasteiger partial charge in [0.1, 0.15) is 11.0 Å². The Labute approximate surface area is 192 Å². The van der Waals surface area contributed by atoms with Gasteiger partial charge in [-0.3, -0.25) is 9.69 Å². The molecule has 2 saturated heterocycles. The van der Waals surface area contributed by atoms with Crippen LogP contribution in [-0.4, -0.2) is 72.7 Å². The molecule has 32 heavy (non-hydrogen) atoms. The van der Waals surface area contributed by atoms with Crippen LogP contribution in [0.15, 0.2) is 30.3 Å². The molecule has 2 fully saturated rings. The molecule has 2 atom stereocenters. The van der Waals surface area contributed by atoms with E-state index < -0.39 is 0 Å². The molecule has 7 nitrogen and oxygen atoms in total. The number of hydrogen-bond acceptors (Lipinski definition) is 5. The molecule has 2 aliphatic heterocycles. The van der Waals surface area contributed by atoms with Crippen LogP contribution in [0.1, 0.15) is 17.7 Å². The zero-order valence-electron chi connectivity index (χ0n) is 18.1. The lowest BCUT2D eigenvalue weighted by molar-refractivity contribution is -0.116. The maximum atomic E-state index is 13.2. The number of nitrogens with zero attached hydrogens (tertiary/aromatic N) is 3. The summed E-state index contributed by atoms with van der Waals surface area (Å²) in [6.07, 6.45) is 4.15. The number of aryl methyl sites for hydroxylation is 1. The van der Waals surface area contributed by atoms with Gasteiger partial charge in [-0.1, -0.05) is 11.6 Å². The van der Waals surface area contributed by atoms with E-state index in [1.54, 1.807) is 18.2 Å². The zero-order chi connectivity index (χ0) is 22.5. The van der Waals surface area contributed by atoms with Gasteiger partial charge >= 0.3 is 0 Å². The number of nitrogens with one attached hydrogen (secondary N) is 1.